The van der Waals surface area contributed by atoms with E-state index in [0.29, 0.717) is 17.5 Å². The van der Waals surface area contributed by atoms with Gasteiger partial charge in [-0.15, -0.1) is 0 Å². The Morgan fingerprint density at radius 1 is 1.48 bits per heavy atom. The number of pyridine rings is 1. The Hall–Kier alpha value is -1.57. The van der Waals surface area contributed by atoms with Crippen molar-refractivity contribution in [2.24, 2.45) is 5.92 Å². The summed E-state index contributed by atoms with van der Waals surface area (Å²) in [5.74, 6) is 1.41. The standard InChI is InChI=1S/C16H20ClN3O/c1-21-10-9-20(12-13-5-3-2-4-6-13)16-8-7-14(17)15(11-18)19-16/h2-3,7-8,13H,4-6,9-10,12H2,1H3. The fourth-order valence-corrected chi connectivity index (χ4v) is 2.67. The van der Waals surface area contributed by atoms with Gasteiger partial charge in [0.2, 0.25) is 0 Å². The van der Waals surface area contributed by atoms with E-state index in [2.05, 4.69) is 22.0 Å². The Labute approximate surface area is 131 Å². The molecule has 112 valence electrons. The topological polar surface area (TPSA) is 49.1 Å². The number of allylic oxidation sites excluding steroid dienone is 2. The number of ether oxygens (including phenoxy) is 1. The molecule has 0 saturated heterocycles. The van der Waals surface area contributed by atoms with Gasteiger partial charge in [0.25, 0.3) is 0 Å². The highest BCUT2D eigenvalue weighted by Gasteiger charge is 2.17. The zero-order chi connectivity index (χ0) is 15.1. The maximum atomic E-state index is 9.07. The lowest BCUT2D eigenvalue weighted by molar-refractivity contribution is 0.203. The van der Waals surface area contributed by atoms with E-state index in [4.69, 9.17) is 21.6 Å². The van der Waals surface area contributed by atoms with Crippen LogP contribution in [-0.2, 0) is 4.74 Å². The van der Waals surface area contributed by atoms with Crippen LogP contribution in [0.2, 0.25) is 5.02 Å². The second-order valence-electron chi connectivity index (χ2n) is 5.20. The maximum Gasteiger partial charge on any atom is 0.161 e. The lowest BCUT2D eigenvalue weighted by Crippen LogP contribution is -2.33. The number of nitriles is 1. The van der Waals surface area contributed by atoms with Crippen LogP contribution in [-0.4, -0.2) is 31.8 Å². The van der Waals surface area contributed by atoms with Crippen LogP contribution >= 0.6 is 11.6 Å². The van der Waals surface area contributed by atoms with Crippen LogP contribution in [0.25, 0.3) is 0 Å². The molecule has 5 heteroatoms. The lowest BCUT2D eigenvalue weighted by atomic mass is 9.94. The van der Waals surface area contributed by atoms with Crippen molar-refractivity contribution in [1.82, 2.24) is 4.98 Å². The SMILES string of the molecule is COCCN(CC1CC=CCC1)c1ccc(Cl)c(C#N)n1. The summed E-state index contributed by atoms with van der Waals surface area (Å²) >= 11 is 5.96. The molecule has 0 bridgehead atoms. The van der Waals surface area contributed by atoms with Crippen LogP contribution in [0.5, 0.6) is 0 Å². The first-order valence-electron chi connectivity index (χ1n) is 7.20. The Kier molecular flexibility index (Phi) is 6.04. The van der Waals surface area contributed by atoms with Crippen LogP contribution in [0.15, 0.2) is 24.3 Å². The molecular formula is C16H20ClN3O. The number of anilines is 1. The van der Waals surface area contributed by atoms with Crippen molar-refractivity contribution in [2.45, 2.75) is 19.3 Å². The molecule has 0 radical (unpaired) electrons. The van der Waals surface area contributed by atoms with Gasteiger partial charge in [0.15, 0.2) is 5.69 Å². The molecule has 1 aliphatic carbocycles. The molecule has 1 unspecified atom stereocenters. The molecule has 0 spiro atoms. The molecule has 2 rings (SSSR count). The normalized spacial score (nSPS) is 17.5. The van der Waals surface area contributed by atoms with Crippen molar-refractivity contribution in [2.75, 3.05) is 31.7 Å². The van der Waals surface area contributed by atoms with Crippen molar-refractivity contribution in [3.8, 4) is 6.07 Å². The summed E-state index contributed by atoms with van der Waals surface area (Å²) in [4.78, 5) is 6.55. The highest BCUT2D eigenvalue weighted by molar-refractivity contribution is 6.31. The number of hydrogen-bond donors (Lipinski definition) is 0. The minimum absolute atomic E-state index is 0.278. The summed E-state index contributed by atoms with van der Waals surface area (Å²) in [6.45, 7) is 2.32. The zero-order valence-corrected chi connectivity index (χ0v) is 13.0. The Balaban J connectivity index is 2.14. The van der Waals surface area contributed by atoms with Gasteiger partial charge in [0.05, 0.1) is 11.6 Å². The molecule has 0 aliphatic heterocycles. The summed E-state index contributed by atoms with van der Waals surface area (Å²) in [5, 5.41) is 9.47. The number of rotatable bonds is 6. The number of nitrogens with zero attached hydrogens (tertiary/aromatic N) is 3. The third kappa shape index (κ3) is 4.45. The first-order chi connectivity index (χ1) is 10.2. The van der Waals surface area contributed by atoms with E-state index in [1.807, 2.05) is 12.1 Å². The van der Waals surface area contributed by atoms with Crippen LogP contribution in [0.4, 0.5) is 5.82 Å². The van der Waals surface area contributed by atoms with Crippen molar-refractivity contribution in [1.29, 1.82) is 5.26 Å². The second kappa shape index (κ2) is 8.02. The molecule has 0 saturated carbocycles. The van der Waals surface area contributed by atoms with Crippen LogP contribution in [0.3, 0.4) is 0 Å². The second-order valence-corrected chi connectivity index (χ2v) is 5.61. The van der Waals surface area contributed by atoms with E-state index < -0.39 is 0 Å². The molecule has 0 amide bonds. The van der Waals surface area contributed by atoms with E-state index >= 15 is 0 Å². The van der Waals surface area contributed by atoms with Gasteiger partial charge in [-0.1, -0.05) is 23.8 Å². The monoisotopic (exact) mass is 305 g/mol. The predicted octanol–water partition coefficient (Wildman–Crippen LogP) is 3.42. The van der Waals surface area contributed by atoms with E-state index in [1.165, 1.54) is 6.42 Å². The van der Waals surface area contributed by atoms with Crippen molar-refractivity contribution >= 4 is 17.4 Å². The summed E-state index contributed by atoms with van der Waals surface area (Å²) in [6, 6.07) is 5.65. The lowest BCUT2D eigenvalue weighted by Gasteiger charge is -2.29. The molecule has 1 heterocycles. The summed E-state index contributed by atoms with van der Waals surface area (Å²) in [5.41, 5.74) is 0.278. The minimum atomic E-state index is 0.278. The van der Waals surface area contributed by atoms with Gasteiger partial charge < -0.3 is 9.64 Å². The molecule has 1 aliphatic rings. The number of halogens is 1. The van der Waals surface area contributed by atoms with Gasteiger partial charge in [-0.2, -0.15) is 5.26 Å². The quantitative estimate of drug-likeness (QED) is 0.756. The van der Waals surface area contributed by atoms with Gasteiger partial charge in [-0.05, 0) is 37.3 Å². The van der Waals surface area contributed by atoms with Gasteiger partial charge in [-0.3, -0.25) is 0 Å². The molecule has 0 N–H and O–H groups in total. The molecule has 1 aromatic heterocycles. The summed E-state index contributed by atoms with van der Waals surface area (Å²) in [7, 11) is 1.69. The summed E-state index contributed by atoms with van der Waals surface area (Å²) in [6.07, 6.45) is 7.92. The third-order valence-corrected chi connectivity index (χ3v) is 3.99. The fourth-order valence-electron chi connectivity index (χ4n) is 2.52. The van der Waals surface area contributed by atoms with Crippen LogP contribution in [0.1, 0.15) is 25.0 Å². The molecule has 4 nitrogen and oxygen atoms in total. The Morgan fingerprint density at radius 2 is 2.33 bits per heavy atom. The summed E-state index contributed by atoms with van der Waals surface area (Å²) < 4.78 is 5.19. The van der Waals surface area contributed by atoms with Gasteiger partial charge in [0, 0.05) is 20.2 Å². The van der Waals surface area contributed by atoms with E-state index in [9.17, 15) is 0 Å². The van der Waals surface area contributed by atoms with Crippen molar-refractivity contribution in [3.05, 3.63) is 35.0 Å². The molecule has 0 aromatic carbocycles. The van der Waals surface area contributed by atoms with E-state index in [0.717, 1.165) is 31.7 Å². The molecule has 0 fully saturated rings. The molecule has 1 atom stereocenters. The first-order valence-corrected chi connectivity index (χ1v) is 7.58. The Bertz CT molecular complexity index is 539. The predicted molar refractivity (Wildman–Crippen MR) is 84.5 cm³/mol. The van der Waals surface area contributed by atoms with E-state index in [-0.39, 0.29) is 5.69 Å². The highest BCUT2D eigenvalue weighted by atomic mass is 35.5. The Morgan fingerprint density at radius 3 is 3.00 bits per heavy atom. The number of hydrogen-bond acceptors (Lipinski definition) is 4. The van der Waals surface area contributed by atoms with Gasteiger partial charge in [-0.25, -0.2) is 4.98 Å². The number of aromatic nitrogens is 1. The van der Waals surface area contributed by atoms with Gasteiger partial charge in [0.1, 0.15) is 11.9 Å². The van der Waals surface area contributed by atoms with Gasteiger partial charge >= 0.3 is 0 Å². The van der Waals surface area contributed by atoms with Crippen molar-refractivity contribution < 1.29 is 4.74 Å². The first kappa shape index (κ1) is 15.8. The van der Waals surface area contributed by atoms with E-state index in [1.54, 1.807) is 13.2 Å². The smallest absolute Gasteiger partial charge is 0.161 e. The van der Waals surface area contributed by atoms with Crippen LogP contribution in [0, 0.1) is 17.2 Å². The molecule has 1 aromatic rings. The molecular weight excluding hydrogens is 286 g/mol. The highest BCUT2D eigenvalue weighted by Crippen LogP contribution is 2.23. The third-order valence-electron chi connectivity index (χ3n) is 3.68. The fraction of sp³-hybridized carbons (Fsp3) is 0.500. The molecule has 21 heavy (non-hydrogen) atoms. The minimum Gasteiger partial charge on any atom is -0.383 e. The maximum absolute atomic E-state index is 9.07. The zero-order valence-electron chi connectivity index (χ0n) is 12.3. The number of methoxy groups -OCH3 is 1. The average molecular weight is 306 g/mol. The van der Waals surface area contributed by atoms with Crippen molar-refractivity contribution in [3.63, 3.8) is 0 Å². The largest absolute Gasteiger partial charge is 0.383 e. The van der Waals surface area contributed by atoms with Crippen LogP contribution < -0.4 is 4.90 Å². The average Bonchev–Trinajstić information content (AvgIpc) is 2.53.